The monoisotopic (exact) mass is 435 g/mol. The van der Waals surface area contributed by atoms with E-state index in [0.29, 0.717) is 42.4 Å². The number of amides is 1. The Balaban J connectivity index is 1.52. The average molecular weight is 436 g/mol. The summed E-state index contributed by atoms with van der Waals surface area (Å²) >= 11 is 1.39. The lowest BCUT2D eigenvalue weighted by Crippen LogP contribution is -2.34. The smallest absolute Gasteiger partial charge is 0.260 e. The highest BCUT2D eigenvalue weighted by Gasteiger charge is 2.21. The molecule has 8 nitrogen and oxygen atoms in total. The number of aromatic amines is 1. The fraction of sp³-hybridized carbons (Fsp3) is 0.273. The SMILES string of the molecule is Cn1cc(C(=O)N2CCCOCC2)cc(-c2nc(-c3c[nH]c4ncccc34)cs2)c1=O. The van der Waals surface area contributed by atoms with Crippen LogP contribution in [0.15, 0.2) is 47.0 Å². The zero-order valence-electron chi connectivity index (χ0n) is 17.0. The zero-order valence-corrected chi connectivity index (χ0v) is 17.8. The van der Waals surface area contributed by atoms with Crippen LogP contribution in [-0.4, -0.2) is 56.6 Å². The van der Waals surface area contributed by atoms with Crippen LogP contribution >= 0.6 is 11.3 Å². The minimum atomic E-state index is -0.183. The second-order valence-corrected chi connectivity index (χ2v) is 8.31. The summed E-state index contributed by atoms with van der Waals surface area (Å²) in [5, 5.41) is 3.48. The number of rotatable bonds is 3. The third-order valence-electron chi connectivity index (χ3n) is 5.40. The molecule has 1 amide bonds. The number of hydrogen-bond donors (Lipinski definition) is 1. The summed E-state index contributed by atoms with van der Waals surface area (Å²) in [6.45, 7) is 2.38. The first-order valence-corrected chi connectivity index (χ1v) is 11.0. The molecule has 1 fully saturated rings. The van der Waals surface area contributed by atoms with Crippen molar-refractivity contribution in [3.05, 3.63) is 58.1 Å². The van der Waals surface area contributed by atoms with Crippen LogP contribution in [0, 0.1) is 0 Å². The molecule has 0 spiro atoms. The lowest BCUT2D eigenvalue weighted by atomic mass is 10.1. The second kappa shape index (κ2) is 8.09. The number of carbonyl (C=O) groups is 1. The number of ether oxygens (including phenoxy) is 1. The van der Waals surface area contributed by atoms with E-state index in [1.165, 1.54) is 15.9 Å². The van der Waals surface area contributed by atoms with E-state index in [2.05, 4.69) is 9.97 Å². The standard InChI is InChI=1S/C22H21N5O3S/c1-26-12-14(21(28)27-6-3-8-30-9-7-27)10-16(22(26)29)20-25-18(13-31-20)17-11-24-19-15(17)4-2-5-23-19/h2,4-5,10-13H,3,6-9H2,1H3,(H,23,24). The van der Waals surface area contributed by atoms with Crippen LogP contribution in [0.2, 0.25) is 0 Å². The highest BCUT2D eigenvalue weighted by Crippen LogP contribution is 2.31. The van der Waals surface area contributed by atoms with E-state index in [4.69, 9.17) is 9.72 Å². The Kier molecular flexibility index (Phi) is 5.13. The maximum absolute atomic E-state index is 13.1. The molecular formula is C22H21N5O3S. The third-order valence-corrected chi connectivity index (χ3v) is 6.28. The van der Waals surface area contributed by atoms with Crippen molar-refractivity contribution in [3.8, 4) is 21.8 Å². The Hall–Kier alpha value is -3.30. The molecule has 0 aromatic carbocycles. The van der Waals surface area contributed by atoms with Gasteiger partial charge < -0.3 is 19.2 Å². The normalized spacial score (nSPS) is 14.7. The van der Waals surface area contributed by atoms with Crippen LogP contribution in [0.1, 0.15) is 16.8 Å². The van der Waals surface area contributed by atoms with Crippen molar-refractivity contribution in [3.63, 3.8) is 0 Å². The fourth-order valence-corrected chi connectivity index (χ4v) is 4.63. The number of hydrogen-bond acceptors (Lipinski definition) is 6. The van der Waals surface area contributed by atoms with E-state index in [0.717, 1.165) is 28.7 Å². The Labute approximate surface area is 182 Å². The molecule has 4 aromatic heterocycles. The van der Waals surface area contributed by atoms with Gasteiger partial charge in [0.1, 0.15) is 10.7 Å². The predicted octanol–water partition coefficient (Wildman–Crippen LogP) is 2.91. The Bertz CT molecular complexity index is 1310. The zero-order chi connectivity index (χ0) is 21.4. The quantitative estimate of drug-likeness (QED) is 0.534. The van der Waals surface area contributed by atoms with Gasteiger partial charge in [0, 0.05) is 61.7 Å². The fourth-order valence-electron chi connectivity index (χ4n) is 3.80. The second-order valence-electron chi connectivity index (χ2n) is 7.46. The minimum absolute atomic E-state index is 0.0955. The summed E-state index contributed by atoms with van der Waals surface area (Å²) in [5.74, 6) is -0.0955. The van der Waals surface area contributed by atoms with Gasteiger partial charge >= 0.3 is 0 Å². The first-order chi connectivity index (χ1) is 15.1. The number of thiazole rings is 1. The molecule has 0 atom stereocenters. The number of nitrogens with one attached hydrogen (secondary N) is 1. The summed E-state index contributed by atoms with van der Waals surface area (Å²) in [5.41, 5.74) is 3.21. The number of nitrogens with zero attached hydrogens (tertiary/aromatic N) is 4. The molecule has 1 saturated heterocycles. The van der Waals surface area contributed by atoms with Gasteiger partial charge in [0.2, 0.25) is 0 Å². The van der Waals surface area contributed by atoms with E-state index < -0.39 is 0 Å². The van der Waals surface area contributed by atoms with Gasteiger partial charge in [0.05, 0.1) is 23.4 Å². The van der Waals surface area contributed by atoms with Crippen molar-refractivity contribution in [1.82, 2.24) is 24.4 Å². The van der Waals surface area contributed by atoms with Gasteiger partial charge in [0.15, 0.2) is 0 Å². The van der Waals surface area contributed by atoms with Gasteiger partial charge in [-0.2, -0.15) is 0 Å². The van der Waals surface area contributed by atoms with Gasteiger partial charge in [-0.05, 0) is 24.6 Å². The molecule has 0 aliphatic carbocycles. The highest BCUT2D eigenvalue weighted by atomic mass is 32.1. The molecule has 0 bridgehead atoms. The molecule has 4 aromatic rings. The summed E-state index contributed by atoms with van der Waals surface area (Å²) in [7, 11) is 1.66. The molecule has 0 radical (unpaired) electrons. The topological polar surface area (TPSA) is 93.1 Å². The van der Waals surface area contributed by atoms with Gasteiger partial charge in [-0.25, -0.2) is 9.97 Å². The van der Waals surface area contributed by atoms with E-state index in [1.54, 1.807) is 30.4 Å². The molecule has 5 heterocycles. The van der Waals surface area contributed by atoms with Crippen LogP contribution in [0.4, 0.5) is 0 Å². The lowest BCUT2D eigenvalue weighted by molar-refractivity contribution is 0.0740. The number of fused-ring (bicyclic) bond motifs is 1. The third kappa shape index (κ3) is 3.66. The van der Waals surface area contributed by atoms with Gasteiger partial charge in [-0.15, -0.1) is 11.3 Å². The van der Waals surface area contributed by atoms with Crippen molar-refractivity contribution in [1.29, 1.82) is 0 Å². The first-order valence-electron chi connectivity index (χ1n) is 10.1. The number of aryl methyl sites for hydroxylation is 1. The summed E-state index contributed by atoms with van der Waals surface area (Å²) in [6.07, 6.45) is 6.01. The lowest BCUT2D eigenvalue weighted by Gasteiger charge is -2.20. The number of H-pyrrole nitrogens is 1. The molecule has 1 N–H and O–H groups in total. The predicted molar refractivity (Wildman–Crippen MR) is 119 cm³/mol. The van der Waals surface area contributed by atoms with E-state index in [-0.39, 0.29) is 11.5 Å². The summed E-state index contributed by atoms with van der Waals surface area (Å²) in [4.78, 5) is 39.9. The van der Waals surface area contributed by atoms with Crippen LogP contribution < -0.4 is 5.56 Å². The Morgan fingerprint density at radius 2 is 2.16 bits per heavy atom. The van der Waals surface area contributed by atoms with Gasteiger partial charge in [-0.1, -0.05) is 0 Å². The first kappa shape index (κ1) is 19.7. The molecule has 5 rings (SSSR count). The van der Waals surface area contributed by atoms with E-state index in [1.807, 2.05) is 23.7 Å². The molecule has 1 aliphatic rings. The number of pyridine rings is 2. The molecule has 9 heteroatoms. The van der Waals surface area contributed by atoms with Crippen LogP contribution in [0.25, 0.3) is 32.9 Å². The molecule has 158 valence electrons. The van der Waals surface area contributed by atoms with Gasteiger partial charge in [-0.3, -0.25) is 9.59 Å². The van der Waals surface area contributed by atoms with Crippen LogP contribution in [0.5, 0.6) is 0 Å². The van der Waals surface area contributed by atoms with Crippen molar-refractivity contribution in [2.75, 3.05) is 26.3 Å². The summed E-state index contributed by atoms with van der Waals surface area (Å²) in [6, 6.07) is 5.53. The average Bonchev–Trinajstić information content (AvgIpc) is 3.34. The minimum Gasteiger partial charge on any atom is -0.380 e. The van der Waals surface area contributed by atoms with Crippen molar-refractivity contribution >= 4 is 28.3 Å². The molecule has 0 saturated carbocycles. The molecule has 0 unspecified atom stereocenters. The maximum Gasteiger partial charge on any atom is 0.260 e. The number of aromatic nitrogens is 4. The highest BCUT2D eigenvalue weighted by molar-refractivity contribution is 7.13. The maximum atomic E-state index is 13.1. The van der Waals surface area contributed by atoms with Gasteiger partial charge in [0.25, 0.3) is 11.5 Å². The van der Waals surface area contributed by atoms with Crippen molar-refractivity contribution < 1.29 is 9.53 Å². The van der Waals surface area contributed by atoms with E-state index >= 15 is 0 Å². The number of carbonyl (C=O) groups excluding carboxylic acids is 1. The van der Waals surface area contributed by atoms with E-state index in [9.17, 15) is 9.59 Å². The van der Waals surface area contributed by atoms with Crippen LogP contribution in [-0.2, 0) is 11.8 Å². The van der Waals surface area contributed by atoms with Crippen LogP contribution in [0.3, 0.4) is 0 Å². The molecule has 1 aliphatic heterocycles. The van der Waals surface area contributed by atoms with Crippen molar-refractivity contribution in [2.45, 2.75) is 6.42 Å². The Morgan fingerprint density at radius 3 is 3.06 bits per heavy atom. The molecule has 31 heavy (non-hydrogen) atoms. The Morgan fingerprint density at radius 1 is 1.26 bits per heavy atom. The molecular weight excluding hydrogens is 414 g/mol. The van der Waals surface area contributed by atoms with Crippen molar-refractivity contribution in [2.24, 2.45) is 7.05 Å². The summed E-state index contributed by atoms with van der Waals surface area (Å²) < 4.78 is 6.90. The largest absolute Gasteiger partial charge is 0.380 e.